The van der Waals surface area contributed by atoms with Crippen LogP contribution in [0.3, 0.4) is 0 Å². The van der Waals surface area contributed by atoms with Crippen LogP contribution in [0, 0.1) is 12.8 Å². The lowest BCUT2D eigenvalue weighted by Crippen LogP contribution is -2.39. The van der Waals surface area contributed by atoms with E-state index in [1.807, 2.05) is 6.92 Å². The summed E-state index contributed by atoms with van der Waals surface area (Å²) in [6, 6.07) is 0. The molecule has 0 spiro atoms. The quantitative estimate of drug-likeness (QED) is 0.784. The number of aromatic amines is 1. The zero-order chi connectivity index (χ0) is 15.4. The number of carbonyl (C=O) groups is 1. The number of ether oxygens (including phenoxy) is 1. The van der Waals surface area contributed by atoms with Crippen LogP contribution in [0.25, 0.3) is 0 Å². The van der Waals surface area contributed by atoms with Crippen molar-refractivity contribution >= 4 is 5.91 Å². The Labute approximate surface area is 131 Å². The van der Waals surface area contributed by atoms with E-state index in [0.717, 1.165) is 82.3 Å². The Hall–Kier alpha value is -1.40. The highest BCUT2D eigenvalue weighted by atomic mass is 16.5. The van der Waals surface area contributed by atoms with E-state index in [9.17, 15) is 4.79 Å². The zero-order valence-electron chi connectivity index (χ0n) is 13.4. The number of aryl methyl sites for hydroxylation is 2. The maximum absolute atomic E-state index is 12.3. The molecule has 3 rings (SSSR count). The Kier molecular flexibility index (Phi) is 5.10. The minimum atomic E-state index is 0.0933. The van der Waals surface area contributed by atoms with Crippen molar-refractivity contribution in [2.45, 2.75) is 32.6 Å². The van der Waals surface area contributed by atoms with Crippen LogP contribution < -0.4 is 5.32 Å². The minimum Gasteiger partial charge on any atom is -0.379 e. The van der Waals surface area contributed by atoms with Crippen molar-refractivity contribution in [2.24, 2.45) is 5.92 Å². The molecule has 1 amide bonds. The number of aromatic nitrogens is 2. The third-order valence-corrected chi connectivity index (χ3v) is 4.59. The number of hydrogen-bond acceptors (Lipinski definition) is 4. The number of imidazole rings is 1. The molecular weight excluding hydrogens is 280 g/mol. The highest BCUT2D eigenvalue weighted by molar-refractivity contribution is 5.79. The summed E-state index contributed by atoms with van der Waals surface area (Å²) in [7, 11) is 0. The predicted molar refractivity (Wildman–Crippen MR) is 83.7 cm³/mol. The van der Waals surface area contributed by atoms with E-state index < -0.39 is 0 Å². The molecule has 1 aliphatic heterocycles. The molecule has 0 radical (unpaired) electrons. The molecule has 2 heterocycles. The monoisotopic (exact) mass is 306 g/mol. The van der Waals surface area contributed by atoms with Crippen LogP contribution in [0.5, 0.6) is 0 Å². The number of nitrogens with zero attached hydrogens (tertiary/aromatic N) is 2. The number of nitrogens with one attached hydrogen (secondary N) is 2. The average Bonchev–Trinajstić information content (AvgIpc) is 2.91. The second-order valence-corrected chi connectivity index (χ2v) is 6.29. The van der Waals surface area contributed by atoms with Crippen molar-refractivity contribution in [3.05, 3.63) is 17.2 Å². The van der Waals surface area contributed by atoms with E-state index in [2.05, 4.69) is 20.2 Å². The van der Waals surface area contributed by atoms with Gasteiger partial charge in [0.2, 0.25) is 5.91 Å². The summed E-state index contributed by atoms with van der Waals surface area (Å²) < 4.78 is 5.33. The van der Waals surface area contributed by atoms with Gasteiger partial charge in [-0.2, -0.15) is 0 Å². The number of rotatable bonds is 5. The number of amides is 1. The number of hydrogen-bond donors (Lipinski definition) is 2. The third kappa shape index (κ3) is 3.87. The molecule has 1 aromatic rings. The van der Waals surface area contributed by atoms with Crippen LogP contribution in [0.15, 0.2) is 0 Å². The number of morpholine rings is 1. The SMILES string of the molecule is Cc1nc2c([nH]1)C[C@H](C(=O)NCCCN1CCOCC1)CC2. The molecule has 2 N–H and O–H groups in total. The molecule has 6 nitrogen and oxygen atoms in total. The van der Waals surface area contributed by atoms with Gasteiger partial charge in [-0.05, 0) is 32.7 Å². The molecule has 1 fully saturated rings. The first kappa shape index (κ1) is 15.5. The van der Waals surface area contributed by atoms with Gasteiger partial charge < -0.3 is 15.0 Å². The third-order valence-electron chi connectivity index (χ3n) is 4.59. The fourth-order valence-corrected chi connectivity index (χ4v) is 3.33. The fraction of sp³-hybridized carbons (Fsp3) is 0.750. The van der Waals surface area contributed by atoms with Crippen LogP contribution in [0.4, 0.5) is 0 Å². The molecule has 1 saturated heterocycles. The second kappa shape index (κ2) is 7.24. The fourth-order valence-electron chi connectivity index (χ4n) is 3.33. The summed E-state index contributed by atoms with van der Waals surface area (Å²) in [6.07, 6.45) is 3.62. The first-order valence-electron chi connectivity index (χ1n) is 8.34. The topological polar surface area (TPSA) is 70.2 Å². The van der Waals surface area contributed by atoms with Gasteiger partial charge in [-0.3, -0.25) is 9.69 Å². The van der Waals surface area contributed by atoms with Gasteiger partial charge in [-0.15, -0.1) is 0 Å². The maximum atomic E-state index is 12.3. The molecule has 1 atom stereocenters. The summed E-state index contributed by atoms with van der Waals surface area (Å²) in [5.74, 6) is 1.24. The van der Waals surface area contributed by atoms with Gasteiger partial charge in [0, 0.05) is 37.7 Å². The van der Waals surface area contributed by atoms with Crippen molar-refractivity contribution in [3.8, 4) is 0 Å². The summed E-state index contributed by atoms with van der Waals surface area (Å²) in [5.41, 5.74) is 2.30. The molecule has 22 heavy (non-hydrogen) atoms. The Bertz CT molecular complexity index is 508. The Morgan fingerprint density at radius 3 is 3.09 bits per heavy atom. The first-order chi connectivity index (χ1) is 10.7. The van der Waals surface area contributed by atoms with Gasteiger partial charge in [0.15, 0.2) is 0 Å². The molecular formula is C16H26N4O2. The van der Waals surface area contributed by atoms with Crippen LogP contribution in [0.1, 0.15) is 30.1 Å². The van der Waals surface area contributed by atoms with Crippen LogP contribution in [-0.2, 0) is 22.4 Å². The van der Waals surface area contributed by atoms with Crippen molar-refractivity contribution in [1.82, 2.24) is 20.2 Å². The lowest BCUT2D eigenvalue weighted by molar-refractivity contribution is -0.125. The first-order valence-corrected chi connectivity index (χ1v) is 8.34. The summed E-state index contributed by atoms with van der Waals surface area (Å²) in [6.45, 7) is 7.47. The van der Waals surface area contributed by atoms with E-state index in [4.69, 9.17) is 4.74 Å². The van der Waals surface area contributed by atoms with E-state index >= 15 is 0 Å². The lowest BCUT2D eigenvalue weighted by Gasteiger charge is -2.26. The molecule has 6 heteroatoms. The van der Waals surface area contributed by atoms with Gasteiger partial charge >= 0.3 is 0 Å². The van der Waals surface area contributed by atoms with Gasteiger partial charge in [0.25, 0.3) is 0 Å². The van der Waals surface area contributed by atoms with Crippen molar-refractivity contribution in [1.29, 1.82) is 0 Å². The predicted octanol–water partition coefficient (Wildman–Crippen LogP) is 0.662. The van der Waals surface area contributed by atoms with E-state index in [1.54, 1.807) is 0 Å². The maximum Gasteiger partial charge on any atom is 0.223 e. The van der Waals surface area contributed by atoms with Gasteiger partial charge in [0.05, 0.1) is 18.9 Å². The number of fused-ring (bicyclic) bond motifs is 1. The largest absolute Gasteiger partial charge is 0.379 e. The molecule has 122 valence electrons. The Morgan fingerprint density at radius 1 is 1.45 bits per heavy atom. The normalized spacial score (nSPS) is 22.3. The molecule has 1 aromatic heterocycles. The van der Waals surface area contributed by atoms with E-state index in [-0.39, 0.29) is 11.8 Å². The Balaban J connectivity index is 1.37. The smallest absolute Gasteiger partial charge is 0.223 e. The zero-order valence-corrected chi connectivity index (χ0v) is 13.4. The van der Waals surface area contributed by atoms with Gasteiger partial charge in [-0.25, -0.2) is 4.98 Å². The summed E-state index contributed by atoms with van der Waals surface area (Å²) >= 11 is 0. The average molecular weight is 306 g/mol. The van der Waals surface area contributed by atoms with Crippen molar-refractivity contribution in [2.75, 3.05) is 39.4 Å². The molecule has 0 bridgehead atoms. The van der Waals surface area contributed by atoms with Crippen LogP contribution in [0.2, 0.25) is 0 Å². The van der Waals surface area contributed by atoms with E-state index in [0.29, 0.717) is 0 Å². The number of H-pyrrole nitrogens is 1. The lowest BCUT2D eigenvalue weighted by atomic mass is 9.89. The summed E-state index contributed by atoms with van der Waals surface area (Å²) in [4.78, 5) is 22.4. The molecule has 0 aromatic carbocycles. The van der Waals surface area contributed by atoms with Crippen LogP contribution in [-0.4, -0.2) is 60.2 Å². The molecule has 1 aliphatic carbocycles. The second-order valence-electron chi connectivity index (χ2n) is 6.29. The van der Waals surface area contributed by atoms with Crippen molar-refractivity contribution < 1.29 is 9.53 Å². The molecule has 0 saturated carbocycles. The van der Waals surface area contributed by atoms with Crippen molar-refractivity contribution in [3.63, 3.8) is 0 Å². The molecule has 0 unspecified atom stereocenters. The highest BCUT2D eigenvalue weighted by Gasteiger charge is 2.26. The van der Waals surface area contributed by atoms with Gasteiger partial charge in [-0.1, -0.05) is 0 Å². The highest BCUT2D eigenvalue weighted by Crippen LogP contribution is 2.23. The van der Waals surface area contributed by atoms with Crippen LogP contribution >= 0.6 is 0 Å². The Morgan fingerprint density at radius 2 is 2.27 bits per heavy atom. The standard InChI is InChI=1S/C16H26N4O2/c1-12-18-14-4-3-13(11-15(14)19-12)16(21)17-5-2-6-20-7-9-22-10-8-20/h13H,2-11H2,1H3,(H,17,21)(H,18,19)/t13-/m1/s1. The summed E-state index contributed by atoms with van der Waals surface area (Å²) in [5, 5.41) is 3.10. The number of carbonyl (C=O) groups excluding carboxylic acids is 1. The van der Waals surface area contributed by atoms with Gasteiger partial charge in [0.1, 0.15) is 5.82 Å². The minimum absolute atomic E-state index is 0.0933. The molecule has 2 aliphatic rings. The van der Waals surface area contributed by atoms with E-state index in [1.165, 1.54) is 0 Å².